The van der Waals surface area contributed by atoms with Gasteiger partial charge in [0.05, 0.1) is 0 Å². The van der Waals surface area contributed by atoms with Crippen LogP contribution in [0.4, 0.5) is 0 Å². The zero-order valence-corrected chi connectivity index (χ0v) is 11.5. The minimum absolute atomic E-state index is 0.0989. The van der Waals surface area contributed by atoms with Crippen molar-refractivity contribution >= 4 is 21.0 Å². The topological polar surface area (TPSA) is 131 Å². The fraction of sp³-hybridized carbons (Fsp3) is 0.625. The summed E-state index contributed by atoms with van der Waals surface area (Å²) >= 11 is 0. The Hall–Kier alpha value is -0.490. The molecule has 0 aromatic heterocycles. The molecule has 0 aromatic carbocycles. The summed E-state index contributed by atoms with van der Waals surface area (Å²) in [5.74, 6) is 0.546. The SMILES string of the molecule is CN1CC=CN=C1CCC(P(=O)(O)O)P(=O)(O)O. The van der Waals surface area contributed by atoms with E-state index in [-0.39, 0.29) is 12.8 Å². The van der Waals surface area contributed by atoms with Gasteiger partial charge >= 0.3 is 15.2 Å². The Bertz CT molecular complexity index is 429. The van der Waals surface area contributed by atoms with Crippen LogP contribution in [0, 0.1) is 0 Å². The number of hydrogen-bond acceptors (Lipinski definition) is 4. The fourth-order valence-electron chi connectivity index (χ4n) is 1.59. The molecule has 18 heavy (non-hydrogen) atoms. The van der Waals surface area contributed by atoms with Gasteiger partial charge in [0.25, 0.3) is 0 Å². The summed E-state index contributed by atoms with van der Waals surface area (Å²) in [5.41, 5.74) is 0. The van der Waals surface area contributed by atoms with Gasteiger partial charge in [-0.05, 0) is 12.5 Å². The maximum atomic E-state index is 11.1. The Morgan fingerprint density at radius 3 is 2.33 bits per heavy atom. The second-order valence-electron chi connectivity index (χ2n) is 4.01. The minimum Gasteiger partial charge on any atom is -0.359 e. The molecule has 1 rings (SSSR count). The van der Waals surface area contributed by atoms with E-state index in [9.17, 15) is 9.13 Å². The standard InChI is InChI=1S/C8H16N2O6P2/c1-10-6-2-5-9-7(10)3-4-8(17(11,12)13)18(14,15)16/h2,5,8H,3-4,6H2,1H3,(H2,11,12,13)(H2,14,15,16). The number of rotatable bonds is 5. The minimum atomic E-state index is -4.84. The predicted molar refractivity (Wildman–Crippen MR) is 66.3 cm³/mol. The molecule has 4 N–H and O–H groups in total. The Kier molecular flexibility index (Phi) is 4.89. The lowest BCUT2D eigenvalue weighted by molar-refractivity contribution is 0.335. The van der Waals surface area contributed by atoms with E-state index in [4.69, 9.17) is 19.6 Å². The summed E-state index contributed by atoms with van der Waals surface area (Å²) in [4.78, 5) is 41.6. The maximum Gasteiger partial charge on any atom is 0.340 e. The normalized spacial score (nSPS) is 17.2. The molecule has 0 saturated heterocycles. The molecule has 10 heteroatoms. The molecule has 1 aliphatic heterocycles. The number of amidine groups is 1. The lowest BCUT2D eigenvalue weighted by atomic mass is 10.2. The zero-order chi connectivity index (χ0) is 14.0. The number of likely N-dealkylation sites (N-methyl/N-ethyl adjacent to an activating group) is 1. The van der Waals surface area contributed by atoms with Gasteiger partial charge < -0.3 is 24.5 Å². The molecule has 1 aliphatic rings. The summed E-state index contributed by atoms with van der Waals surface area (Å²) in [6.07, 6.45) is 3.14. The van der Waals surface area contributed by atoms with Crippen LogP contribution in [-0.2, 0) is 9.13 Å². The van der Waals surface area contributed by atoms with Gasteiger partial charge in [0.15, 0.2) is 5.40 Å². The van der Waals surface area contributed by atoms with E-state index < -0.39 is 20.6 Å². The van der Waals surface area contributed by atoms with Gasteiger partial charge in [-0.3, -0.25) is 9.13 Å². The number of nitrogens with zero attached hydrogens (tertiary/aromatic N) is 2. The predicted octanol–water partition coefficient (Wildman–Crippen LogP) is 0.306. The molecule has 0 amide bonds. The van der Waals surface area contributed by atoms with Gasteiger partial charge in [0, 0.05) is 26.2 Å². The smallest absolute Gasteiger partial charge is 0.340 e. The van der Waals surface area contributed by atoms with Gasteiger partial charge in [0.1, 0.15) is 5.84 Å². The Labute approximate surface area is 104 Å². The van der Waals surface area contributed by atoms with Gasteiger partial charge in [-0.1, -0.05) is 0 Å². The van der Waals surface area contributed by atoms with Crippen molar-refractivity contribution in [1.29, 1.82) is 0 Å². The summed E-state index contributed by atoms with van der Waals surface area (Å²) < 4.78 is 22.1. The van der Waals surface area contributed by atoms with Crippen molar-refractivity contribution in [3.63, 3.8) is 0 Å². The first kappa shape index (κ1) is 15.6. The Morgan fingerprint density at radius 2 is 1.89 bits per heavy atom. The molecular weight excluding hydrogens is 282 g/mol. The number of aliphatic imine (C=N–C) groups is 1. The average molecular weight is 298 g/mol. The second kappa shape index (κ2) is 5.65. The van der Waals surface area contributed by atoms with Crippen LogP contribution >= 0.6 is 15.2 Å². The van der Waals surface area contributed by atoms with Crippen molar-refractivity contribution in [3.05, 3.63) is 12.3 Å². The molecule has 0 spiro atoms. The maximum absolute atomic E-state index is 11.1. The van der Waals surface area contributed by atoms with Gasteiger partial charge in [0.2, 0.25) is 0 Å². The van der Waals surface area contributed by atoms with E-state index in [1.54, 1.807) is 24.2 Å². The molecule has 8 nitrogen and oxygen atoms in total. The molecule has 104 valence electrons. The lowest BCUT2D eigenvalue weighted by Crippen LogP contribution is -2.29. The van der Waals surface area contributed by atoms with Crippen LogP contribution in [0.1, 0.15) is 12.8 Å². The molecule has 0 unspecified atom stereocenters. The lowest BCUT2D eigenvalue weighted by Gasteiger charge is -2.24. The first-order valence-corrected chi connectivity index (χ1v) is 8.52. The second-order valence-corrected chi connectivity index (χ2v) is 8.02. The number of hydrogen-bond donors (Lipinski definition) is 4. The van der Waals surface area contributed by atoms with Crippen molar-refractivity contribution in [2.75, 3.05) is 13.6 Å². The highest BCUT2D eigenvalue weighted by molar-refractivity contribution is 7.70. The summed E-state index contributed by atoms with van der Waals surface area (Å²) in [6.45, 7) is 0.606. The van der Waals surface area contributed by atoms with E-state index in [0.29, 0.717) is 12.4 Å². The van der Waals surface area contributed by atoms with Crippen LogP contribution in [0.5, 0.6) is 0 Å². The van der Waals surface area contributed by atoms with E-state index in [1.807, 2.05) is 0 Å². The monoisotopic (exact) mass is 298 g/mol. The fourth-order valence-corrected chi connectivity index (χ4v) is 4.09. The molecule has 1 heterocycles. The van der Waals surface area contributed by atoms with Gasteiger partial charge in [-0.25, -0.2) is 4.99 Å². The highest BCUT2D eigenvalue weighted by Gasteiger charge is 2.43. The van der Waals surface area contributed by atoms with Crippen molar-refractivity contribution in [2.24, 2.45) is 4.99 Å². The molecule has 0 atom stereocenters. The van der Waals surface area contributed by atoms with Crippen molar-refractivity contribution in [3.8, 4) is 0 Å². The average Bonchev–Trinajstić information content (AvgIpc) is 2.17. The van der Waals surface area contributed by atoms with Crippen LogP contribution in [-0.4, -0.2) is 49.3 Å². The van der Waals surface area contributed by atoms with E-state index in [1.165, 1.54) is 0 Å². The van der Waals surface area contributed by atoms with Crippen molar-refractivity contribution < 1.29 is 28.7 Å². The van der Waals surface area contributed by atoms with Gasteiger partial charge in [-0.15, -0.1) is 0 Å². The molecule has 0 bridgehead atoms. The summed E-state index contributed by atoms with van der Waals surface area (Å²) in [6, 6.07) is 0. The van der Waals surface area contributed by atoms with Crippen LogP contribution in [0.2, 0.25) is 0 Å². The van der Waals surface area contributed by atoms with Crippen LogP contribution < -0.4 is 0 Å². The highest BCUT2D eigenvalue weighted by Crippen LogP contribution is 2.61. The Morgan fingerprint density at radius 1 is 1.33 bits per heavy atom. The zero-order valence-electron chi connectivity index (χ0n) is 9.75. The molecule has 0 aromatic rings. The van der Waals surface area contributed by atoms with Crippen molar-refractivity contribution in [2.45, 2.75) is 18.2 Å². The van der Waals surface area contributed by atoms with Crippen LogP contribution in [0.15, 0.2) is 17.3 Å². The third-order valence-electron chi connectivity index (χ3n) is 2.55. The molecule has 0 radical (unpaired) electrons. The van der Waals surface area contributed by atoms with Gasteiger partial charge in [-0.2, -0.15) is 0 Å². The largest absolute Gasteiger partial charge is 0.359 e. The summed E-state index contributed by atoms with van der Waals surface area (Å²) in [5, 5.41) is -1.97. The van der Waals surface area contributed by atoms with E-state index in [0.717, 1.165) is 0 Å². The molecule has 0 fully saturated rings. The third kappa shape index (κ3) is 4.31. The van der Waals surface area contributed by atoms with E-state index >= 15 is 0 Å². The first-order valence-electron chi connectivity index (χ1n) is 5.15. The van der Waals surface area contributed by atoms with Crippen LogP contribution in [0.25, 0.3) is 0 Å². The third-order valence-corrected chi connectivity index (χ3v) is 6.43. The van der Waals surface area contributed by atoms with Crippen LogP contribution in [0.3, 0.4) is 0 Å². The summed E-state index contributed by atoms with van der Waals surface area (Å²) in [7, 11) is -7.94. The molecular formula is C8H16N2O6P2. The first-order chi connectivity index (χ1) is 8.12. The molecule has 0 saturated carbocycles. The van der Waals surface area contributed by atoms with E-state index in [2.05, 4.69) is 4.99 Å². The highest BCUT2D eigenvalue weighted by atomic mass is 31.2. The molecule has 0 aliphatic carbocycles. The van der Waals surface area contributed by atoms with Crippen molar-refractivity contribution in [1.82, 2.24) is 4.90 Å². The Balaban J connectivity index is 2.75. The quantitative estimate of drug-likeness (QED) is 0.537.